The monoisotopic (exact) mass is 396 g/mol. The topological polar surface area (TPSA) is 74.8 Å². The number of aromatic nitrogens is 1. The molecule has 8 heteroatoms. The predicted molar refractivity (Wildman–Crippen MR) is 106 cm³/mol. The first kappa shape index (κ1) is 21.4. The molecule has 2 aliphatic heterocycles. The molecule has 0 bridgehead atoms. The fourth-order valence-electron chi connectivity index (χ4n) is 3.61. The number of piperazine rings is 1. The predicted octanol–water partition coefficient (Wildman–Crippen LogP) is 1.47. The lowest BCUT2D eigenvalue weighted by molar-refractivity contribution is -0.160. The second-order valence-electron chi connectivity index (χ2n) is 7.05. The minimum absolute atomic E-state index is 0. The van der Waals surface area contributed by atoms with Crippen molar-refractivity contribution in [1.82, 2.24) is 15.2 Å². The van der Waals surface area contributed by atoms with Crippen LogP contribution in [0, 0.1) is 5.92 Å². The zero-order valence-corrected chi connectivity index (χ0v) is 16.6. The highest BCUT2D eigenvalue weighted by Crippen LogP contribution is 2.18. The molecule has 3 heterocycles. The van der Waals surface area contributed by atoms with Gasteiger partial charge < -0.3 is 19.9 Å². The van der Waals surface area contributed by atoms with Crippen molar-refractivity contribution in [2.24, 2.45) is 5.92 Å². The summed E-state index contributed by atoms with van der Waals surface area (Å²) in [6.45, 7) is 6.39. The van der Waals surface area contributed by atoms with Crippen LogP contribution in [0.15, 0.2) is 24.5 Å². The molecule has 1 amide bonds. The number of esters is 1. The molecule has 7 nitrogen and oxygen atoms in total. The van der Waals surface area contributed by atoms with Crippen molar-refractivity contribution in [2.75, 3.05) is 44.2 Å². The summed E-state index contributed by atoms with van der Waals surface area (Å²) in [4.78, 5) is 32.8. The van der Waals surface area contributed by atoms with Crippen LogP contribution >= 0.6 is 12.4 Å². The Hall–Kier alpha value is -1.86. The number of pyridine rings is 1. The minimum atomic E-state index is -0.711. The molecular formula is C19H29ClN4O3. The molecule has 2 saturated heterocycles. The fraction of sp³-hybridized carbons (Fsp3) is 0.632. The molecule has 1 unspecified atom stereocenters. The quantitative estimate of drug-likeness (QED) is 0.760. The molecule has 3 rings (SSSR count). The number of hydrogen-bond donors (Lipinski definition) is 1. The summed E-state index contributed by atoms with van der Waals surface area (Å²) in [5, 5.41) is 3.28. The van der Waals surface area contributed by atoms with Gasteiger partial charge in [0, 0.05) is 50.7 Å². The van der Waals surface area contributed by atoms with E-state index in [1.807, 2.05) is 12.1 Å². The van der Waals surface area contributed by atoms with E-state index in [0.717, 1.165) is 44.7 Å². The third-order valence-corrected chi connectivity index (χ3v) is 5.19. The molecule has 0 radical (unpaired) electrons. The maximum atomic E-state index is 12.6. The zero-order valence-electron chi connectivity index (χ0n) is 15.8. The number of piperidine rings is 1. The Labute approximate surface area is 166 Å². The molecule has 1 atom stereocenters. The Morgan fingerprint density at radius 2 is 1.81 bits per heavy atom. The van der Waals surface area contributed by atoms with E-state index in [1.54, 1.807) is 24.2 Å². The van der Waals surface area contributed by atoms with Crippen LogP contribution in [0.25, 0.3) is 0 Å². The first-order valence-corrected chi connectivity index (χ1v) is 9.47. The Balaban J connectivity index is 0.00000261. The highest BCUT2D eigenvalue weighted by Gasteiger charge is 2.28. The van der Waals surface area contributed by atoms with Crippen LogP contribution in [-0.4, -0.2) is 67.1 Å². The summed E-state index contributed by atoms with van der Waals surface area (Å²) in [5.74, 6) is 0.0150. The number of rotatable bonds is 5. The van der Waals surface area contributed by atoms with Crippen molar-refractivity contribution in [1.29, 1.82) is 0 Å². The van der Waals surface area contributed by atoms with Crippen LogP contribution in [0.4, 0.5) is 5.69 Å². The number of ether oxygens (including phenoxy) is 1. The van der Waals surface area contributed by atoms with E-state index in [2.05, 4.69) is 15.2 Å². The standard InChI is InChI=1S/C19H28N4O3.ClH/c1-15(26-18(24)14-16-2-6-20-7-3-16)19(25)23-12-10-22(11-13-23)17-4-8-21-9-5-17;/h4-5,8-9,15-16,20H,2-3,6-7,10-14H2,1H3;1H. The van der Waals surface area contributed by atoms with E-state index >= 15 is 0 Å². The fourth-order valence-corrected chi connectivity index (χ4v) is 3.61. The first-order chi connectivity index (χ1) is 12.6. The second kappa shape index (κ2) is 10.5. The van der Waals surface area contributed by atoms with Crippen molar-refractivity contribution >= 4 is 30.0 Å². The van der Waals surface area contributed by atoms with Crippen molar-refractivity contribution in [3.05, 3.63) is 24.5 Å². The second-order valence-corrected chi connectivity index (χ2v) is 7.05. The van der Waals surface area contributed by atoms with Gasteiger partial charge in [0.15, 0.2) is 6.10 Å². The van der Waals surface area contributed by atoms with Gasteiger partial charge in [0.1, 0.15) is 0 Å². The van der Waals surface area contributed by atoms with E-state index in [-0.39, 0.29) is 24.3 Å². The zero-order chi connectivity index (χ0) is 18.4. The Kier molecular flexibility index (Phi) is 8.31. The van der Waals surface area contributed by atoms with Gasteiger partial charge >= 0.3 is 5.97 Å². The smallest absolute Gasteiger partial charge is 0.306 e. The number of amides is 1. The molecule has 150 valence electrons. The van der Waals surface area contributed by atoms with Crippen LogP contribution in [0.1, 0.15) is 26.2 Å². The summed E-state index contributed by atoms with van der Waals surface area (Å²) in [5.41, 5.74) is 1.12. The van der Waals surface area contributed by atoms with E-state index in [9.17, 15) is 9.59 Å². The molecule has 0 spiro atoms. The average molecular weight is 397 g/mol. The molecule has 2 aliphatic rings. The Morgan fingerprint density at radius 3 is 2.44 bits per heavy atom. The van der Waals surface area contributed by atoms with Crippen LogP contribution in [0.3, 0.4) is 0 Å². The number of carbonyl (C=O) groups is 2. The molecule has 27 heavy (non-hydrogen) atoms. The maximum Gasteiger partial charge on any atom is 0.306 e. The maximum absolute atomic E-state index is 12.6. The number of hydrogen-bond acceptors (Lipinski definition) is 6. The number of anilines is 1. The number of halogens is 1. The van der Waals surface area contributed by atoms with Crippen LogP contribution < -0.4 is 10.2 Å². The minimum Gasteiger partial charge on any atom is -0.453 e. The van der Waals surface area contributed by atoms with Crippen molar-refractivity contribution in [2.45, 2.75) is 32.3 Å². The van der Waals surface area contributed by atoms with Gasteiger partial charge in [-0.05, 0) is 50.9 Å². The van der Waals surface area contributed by atoms with Crippen LogP contribution in [0.5, 0.6) is 0 Å². The van der Waals surface area contributed by atoms with E-state index in [4.69, 9.17) is 4.74 Å². The number of carbonyl (C=O) groups excluding carboxylic acids is 2. The summed E-state index contributed by atoms with van der Waals surface area (Å²) in [6.07, 6.45) is 5.24. The number of nitrogens with one attached hydrogen (secondary N) is 1. The van der Waals surface area contributed by atoms with E-state index in [0.29, 0.717) is 25.4 Å². The van der Waals surface area contributed by atoms with Gasteiger partial charge in [0.2, 0.25) is 0 Å². The molecule has 1 N–H and O–H groups in total. The van der Waals surface area contributed by atoms with Gasteiger partial charge in [-0.3, -0.25) is 14.6 Å². The average Bonchev–Trinajstić information content (AvgIpc) is 2.69. The third-order valence-electron chi connectivity index (χ3n) is 5.19. The summed E-state index contributed by atoms with van der Waals surface area (Å²) >= 11 is 0. The molecule has 0 saturated carbocycles. The summed E-state index contributed by atoms with van der Waals surface area (Å²) < 4.78 is 5.41. The number of nitrogens with zero attached hydrogens (tertiary/aromatic N) is 3. The largest absolute Gasteiger partial charge is 0.453 e. The van der Waals surface area contributed by atoms with Crippen LogP contribution in [0.2, 0.25) is 0 Å². The van der Waals surface area contributed by atoms with Crippen molar-refractivity contribution < 1.29 is 14.3 Å². The normalized spacial score (nSPS) is 19.1. The SMILES string of the molecule is CC(OC(=O)CC1CCNCC1)C(=O)N1CCN(c2ccncc2)CC1.Cl. The van der Waals surface area contributed by atoms with Gasteiger partial charge in [-0.2, -0.15) is 0 Å². The van der Waals surface area contributed by atoms with Gasteiger partial charge in [-0.15, -0.1) is 12.4 Å². The van der Waals surface area contributed by atoms with Gasteiger partial charge in [0.05, 0.1) is 0 Å². The van der Waals surface area contributed by atoms with Crippen molar-refractivity contribution in [3.63, 3.8) is 0 Å². The molecule has 0 aliphatic carbocycles. The lowest BCUT2D eigenvalue weighted by Crippen LogP contribution is -2.51. The highest BCUT2D eigenvalue weighted by atomic mass is 35.5. The van der Waals surface area contributed by atoms with Crippen LogP contribution in [-0.2, 0) is 14.3 Å². The molecule has 2 fully saturated rings. The summed E-state index contributed by atoms with van der Waals surface area (Å²) in [6, 6.07) is 3.95. The Morgan fingerprint density at radius 1 is 1.19 bits per heavy atom. The van der Waals surface area contributed by atoms with Gasteiger partial charge in [0.25, 0.3) is 5.91 Å². The first-order valence-electron chi connectivity index (χ1n) is 9.47. The lowest BCUT2D eigenvalue weighted by Gasteiger charge is -2.37. The molecular weight excluding hydrogens is 368 g/mol. The van der Waals surface area contributed by atoms with Crippen molar-refractivity contribution in [3.8, 4) is 0 Å². The highest BCUT2D eigenvalue weighted by molar-refractivity contribution is 5.85. The molecule has 0 aromatic carbocycles. The molecule has 1 aromatic heterocycles. The van der Waals surface area contributed by atoms with E-state index < -0.39 is 6.10 Å². The lowest BCUT2D eigenvalue weighted by atomic mass is 9.95. The van der Waals surface area contributed by atoms with Gasteiger partial charge in [-0.25, -0.2) is 0 Å². The third kappa shape index (κ3) is 6.07. The van der Waals surface area contributed by atoms with E-state index in [1.165, 1.54) is 0 Å². The molecule has 1 aromatic rings. The van der Waals surface area contributed by atoms with Gasteiger partial charge in [-0.1, -0.05) is 0 Å². The Bertz CT molecular complexity index is 602. The summed E-state index contributed by atoms with van der Waals surface area (Å²) in [7, 11) is 0.